The summed E-state index contributed by atoms with van der Waals surface area (Å²) in [6.45, 7) is 0. The number of ether oxygens (including phenoxy) is 1. The van der Waals surface area contributed by atoms with Crippen molar-refractivity contribution in [1.82, 2.24) is 0 Å². The minimum absolute atomic E-state index is 0.146. The predicted molar refractivity (Wildman–Crippen MR) is 81.7 cm³/mol. The lowest BCUT2D eigenvalue weighted by Crippen LogP contribution is -2.29. The molecule has 1 aliphatic carbocycles. The summed E-state index contributed by atoms with van der Waals surface area (Å²) in [6.07, 6.45) is -2.23. The zero-order chi connectivity index (χ0) is 15.0. The predicted octanol–water partition coefficient (Wildman–Crippen LogP) is 2.55. The van der Waals surface area contributed by atoms with Crippen molar-refractivity contribution in [3.63, 3.8) is 0 Å². The van der Waals surface area contributed by atoms with Gasteiger partial charge in [0.2, 0.25) is 0 Å². The van der Waals surface area contributed by atoms with E-state index < -0.39 is 12.2 Å². The van der Waals surface area contributed by atoms with E-state index in [1.54, 1.807) is 12.1 Å². The fraction of sp³-hybridized carbons (Fsp3) is 0.222. The number of fused-ring (bicyclic) bond motifs is 7. The summed E-state index contributed by atoms with van der Waals surface area (Å²) in [5.74, 6) is 0.230. The SMILES string of the molecule is Oc1ccc2ccc3c4c(ccc3c2c1)[C@@H](O)[C@H](O)[C@H]1O[C@@H]41. The van der Waals surface area contributed by atoms with Crippen molar-refractivity contribution in [3.05, 3.63) is 53.6 Å². The number of phenols is 1. The molecular weight excluding hydrogens is 280 g/mol. The Hall–Kier alpha value is -2.14. The second-order valence-electron chi connectivity index (χ2n) is 6.09. The van der Waals surface area contributed by atoms with Crippen LogP contribution in [0.15, 0.2) is 42.5 Å². The van der Waals surface area contributed by atoms with Crippen molar-refractivity contribution in [3.8, 4) is 5.75 Å². The topological polar surface area (TPSA) is 73.2 Å². The van der Waals surface area contributed by atoms with Gasteiger partial charge in [-0.3, -0.25) is 0 Å². The monoisotopic (exact) mass is 294 g/mol. The Balaban J connectivity index is 1.89. The standard InChI is InChI=1S/C18H14O4/c19-9-3-1-8-2-4-11-10(13(8)7-9)5-6-12-14(11)17-18(22-17)16(21)15(12)20/h1-7,15-21H/t15-,16+,17+,18-/m1/s1. The normalized spacial score (nSPS) is 29.4. The molecule has 1 saturated heterocycles. The summed E-state index contributed by atoms with van der Waals surface area (Å²) < 4.78 is 5.57. The van der Waals surface area contributed by atoms with Crippen LogP contribution in [0.5, 0.6) is 5.75 Å². The van der Waals surface area contributed by atoms with Gasteiger partial charge in [-0.2, -0.15) is 0 Å². The Morgan fingerprint density at radius 2 is 1.64 bits per heavy atom. The van der Waals surface area contributed by atoms with Gasteiger partial charge in [-0.05, 0) is 44.8 Å². The average molecular weight is 294 g/mol. The molecule has 1 heterocycles. The van der Waals surface area contributed by atoms with Crippen LogP contribution in [0.3, 0.4) is 0 Å². The summed E-state index contributed by atoms with van der Waals surface area (Å²) >= 11 is 0. The van der Waals surface area contributed by atoms with E-state index in [9.17, 15) is 15.3 Å². The molecule has 0 spiro atoms. The second-order valence-corrected chi connectivity index (χ2v) is 6.09. The molecule has 22 heavy (non-hydrogen) atoms. The quantitative estimate of drug-likeness (QED) is 0.440. The first-order valence-corrected chi connectivity index (χ1v) is 7.35. The number of benzene rings is 3. The number of hydrogen-bond acceptors (Lipinski definition) is 4. The lowest BCUT2D eigenvalue weighted by molar-refractivity contribution is 0.000106. The van der Waals surface area contributed by atoms with E-state index in [1.807, 2.05) is 30.3 Å². The first-order chi connectivity index (χ1) is 10.6. The zero-order valence-electron chi connectivity index (χ0n) is 11.6. The maximum atomic E-state index is 10.3. The molecule has 1 fully saturated rings. The molecule has 4 nitrogen and oxygen atoms in total. The van der Waals surface area contributed by atoms with Crippen LogP contribution in [0, 0.1) is 0 Å². The second kappa shape index (κ2) is 3.98. The smallest absolute Gasteiger partial charge is 0.118 e. The number of aliphatic hydroxyl groups is 2. The minimum Gasteiger partial charge on any atom is -0.508 e. The summed E-state index contributed by atoms with van der Waals surface area (Å²) in [6, 6.07) is 13.1. The van der Waals surface area contributed by atoms with Crippen LogP contribution >= 0.6 is 0 Å². The fourth-order valence-corrected chi connectivity index (χ4v) is 3.72. The van der Waals surface area contributed by atoms with Gasteiger partial charge < -0.3 is 20.1 Å². The Bertz CT molecular complexity index is 933. The van der Waals surface area contributed by atoms with Gasteiger partial charge >= 0.3 is 0 Å². The van der Waals surface area contributed by atoms with Crippen molar-refractivity contribution >= 4 is 21.5 Å². The first-order valence-electron chi connectivity index (χ1n) is 7.35. The molecule has 5 rings (SSSR count). The molecular formula is C18H14O4. The molecule has 0 saturated carbocycles. The fourth-order valence-electron chi connectivity index (χ4n) is 3.72. The summed E-state index contributed by atoms with van der Waals surface area (Å²) in [5.41, 5.74) is 1.70. The summed E-state index contributed by atoms with van der Waals surface area (Å²) in [5, 5.41) is 34.1. The Morgan fingerprint density at radius 1 is 0.864 bits per heavy atom. The summed E-state index contributed by atoms with van der Waals surface area (Å²) in [4.78, 5) is 0. The van der Waals surface area contributed by atoms with E-state index >= 15 is 0 Å². The largest absolute Gasteiger partial charge is 0.508 e. The number of phenolic OH excluding ortho intramolecular Hbond substituents is 1. The van der Waals surface area contributed by atoms with Crippen LogP contribution in [0.4, 0.5) is 0 Å². The maximum absolute atomic E-state index is 10.3. The minimum atomic E-state index is -0.914. The molecule has 0 amide bonds. The lowest BCUT2D eigenvalue weighted by atomic mass is 9.83. The summed E-state index contributed by atoms with van der Waals surface area (Å²) in [7, 11) is 0. The highest BCUT2D eigenvalue weighted by Crippen LogP contribution is 2.53. The molecule has 110 valence electrons. The van der Waals surface area contributed by atoms with Gasteiger partial charge in [0.15, 0.2) is 0 Å². The zero-order valence-corrected chi connectivity index (χ0v) is 11.6. The molecule has 3 aromatic rings. The number of rotatable bonds is 0. The highest BCUT2D eigenvalue weighted by Gasteiger charge is 2.54. The molecule has 4 heteroatoms. The van der Waals surface area contributed by atoms with Crippen LogP contribution in [-0.4, -0.2) is 27.5 Å². The number of aliphatic hydroxyl groups excluding tert-OH is 2. The third-order valence-electron chi connectivity index (χ3n) is 4.87. The van der Waals surface area contributed by atoms with Gasteiger partial charge in [-0.15, -0.1) is 0 Å². The third-order valence-corrected chi connectivity index (χ3v) is 4.87. The van der Waals surface area contributed by atoms with Crippen LogP contribution in [0.2, 0.25) is 0 Å². The van der Waals surface area contributed by atoms with Gasteiger partial charge in [0.1, 0.15) is 30.2 Å². The highest BCUT2D eigenvalue weighted by atomic mass is 16.6. The van der Waals surface area contributed by atoms with Gasteiger partial charge in [0.25, 0.3) is 0 Å². The van der Waals surface area contributed by atoms with Crippen LogP contribution < -0.4 is 0 Å². The molecule has 0 unspecified atom stereocenters. The van der Waals surface area contributed by atoms with Gasteiger partial charge in [0, 0.05) is 0 Å². The maximum Gasteiger partial charge on any atom is 0.118 e. The number of epoxide rings is 1. The average Bonchev–Trinajstić information content (AvgIpc) is 3.32. The molecule has 0 bridgehead atoms. The highest BCUT2D eigenvalue weighted by molar-refractivity contribution is 6.09. The van der Waals surface area contributed by atoms with Crippen molar-refractivity contribution < 1.29 is 20.1 Å². The van der Waals surface area contributed by atoms with E-state index in [4.69, 9.17) is 4.74 Å². The van der Waals surface area contributed by atoms with Crippen LogP contribution in [-0.2, 0) is 4.74 Å². The Labute approximate surface area is 126 Å². The Morgan fingerprint density at radius 3 is 2.50 bits per heavy atom. The van der Waals surface area contributed by atoms with Gasteiger partial charge in [-0.25, -0.2) is 0 Å². The van der Waals surface area contributed by atoms with Crippen molar-refractivity contribution in [2.45, 2.75) is 24.4 Å². The van der Waals surface area contributed by atoms with Gasteiger partial charge in [-0.1, -0.05) is 30.3 Å². The van der Waals surface area contributed by atoms with E-state index in [0.717, 1.165) is 32.7 Å². The van der Waals surface area contributed by atoms with E-state index in [1.165, 1.54) is 0 Å². The first kappa shape index (κ1) is 12.4. The lowest BCUT2D eigenvalue weighted by Gasteiger charge is -2.24. The van der Waals surface area contributed by atoms with E-state index in [-0.39, 0.29) is 18.0 Å². The molecule has 4 atom stereocenters. The van der Waals surface area contributed by atoms with Crippen molar-refractivity contribution in [2.75, 3.05) is 0 Å². The molecule has 3 N–H and O–H groups in total. The van der Waals surface area contributed by atoms with Gasteiger partial charge in [0.05, 0.1) is 0 Å². The Kier molecular flexibility index (Phi) is 2.25. The number of aromatic hydroxyl groups is 1. The van der Waals surface area contributed by atoms with E-state index in [0.29, 0.717) is 0 Å². The molecule has 1 aliphatic heterocycles. The van der Waals surface area contributed by atoms with Crippen LogP contribution in [0.25, 0.3) is 21.5 Å². The van der Waals surface area contributed by atoms with E-state index in [2.05, 4.69) is 0 Å². The molecule has 0 aromatic heterocycles. The molecule has 3 aromatic carbocycles. The van der Waals surface area contributed by atoms with Crippen molar-refractivity contribution in [2.24, 2.45) is 0 Å². The third kappa shape index (κ3) is 1.47. The van der Waals surface area contributed by atoms with Crippen molar-refractivity contribution in [1.29, 1.82) is 0 Å². The molecule has 0 radical (unpaired) electrons. The molecule has 2 aliphatic rings. The number of hydrogen-bond donors (Lipinski definition) is 3. The van der Waals surface area contributed by atoms with Crippen LogP contribution in [0.1, 0.15) is 23.3 Å².